The van der Waals surface area contributed by atoms with Crippen molar-refractivity contribution in [2.24, 2.45) is 11.8 Å². The summed E-state index contributed by atoms with van der Waals surface area (Å²) in [7, 11) is 0. The maximum absolute atomic E-state index is 5.52. The smallest absolute Gasteiger partial charge is 0.180 e. The van der Waals surface area contributed by atoms with E-state index in [0.717, 1.165) is 17.8 Å². The van der Waals surface area contributed by atoms with Gasteiger partial charge >= 0.3 is 0 Å². The lowest BCUT2D eigenvalue weighted by atomic mass is 10.1. The molecule has 2 aromatic rings. The van der Waals surface area contributed by atoms with Gasteiger partial charge in [0.2, 0.25) is 0 Å². The number of hydrogen-bond acceptors (Lipinski definition) is 5. The normalized spacial score (nSPS) is 14.8. The Morgan fingerprint density at radius 3 is 2.85 bits per heavy atom. The van der Waals surface area contributed by atoms with Gasteiger partial charge in [-0.2, -0.15) is 0 Å². The van der Waals surface area contributed by atoms with E-state index < -0.39 is 0 Å². The predicted octanol–water partition coefficient (Wildman–Crippen LogP) is 2.16. The average Bonchev–Trinajstić information content (AvgIpc) is 3.14. The number of nitrogens with zero attached hydrogens (tertiary/aromatic N) is 4. The van der Waals surface area contributed by atoms with Crippen LogP contribution in [-0.2, 0) is 6.42 Å². The summed E-state index contributed by atoms with van der Waals surface area (Å²) in [4.78, 5) is 13.4. The van der Waals surface area contributed by atoms with Crippen molar-refractivity contribution >= 4 is 5.82 Å². The van der Waals surface area contributed by atoms with Crippen LogP contribution < -0.4 is 11.3 Å². The van der Waals surface area contributed by atoms with Crippen molar-refractivity contribution in [2.75, 3.05) is 5.43 Å². The minimum Gasteiger partial charge on any atom is -0.325 e. The van der Waals surface area contributed by atoms with E-state index in [0.29, 0.717) is 23.6 Å². The molecule has 0 bridgehead atoms. The number of nitrogens with one attached hydrogen (secondary N) is 1. The Labute approximate surface area is 118 Å². The third kappa shape index (κ3) is 2.65. The van der Waals surface area contributed by atoms with E-state index in [1.807, 2.05) is 18.6 Å². The highest BCUT2D eigenvalue weighted by Crippen LogP contribution is 2.37. The van der Waals surface area contributed by atoms with Crippen molar-refractivity contribution in [1.29, 1.82) is 0 Å². The third-order valence-corrected chi connectivity index (χ3v) is 3.38. The summed E-state index contributed by atoms with van der Waals surface area (Å²) in [5.41, 5.74) is 4.60. The van der Waals surface area contributed by atoms with Gasteiger partial charge < -0.3 is 9.99 Å². The van der Waals surface area contributed by atoms with E-state index in [2.05, 4.69) is 38.8 Å². The topological polar surface area (TPSA) is 81.6 Å². The van der Waals surface area contributed by atoms with E-state index in [4.69, 9.17) is 5.84 Å². The third-order valence-electron chi connectivity index (χ3n) is 3.38. The van der Waals surface area contributed by atoms with Gasteiger partial charge in [-0.15, -0.1) is 0 Å². The molecule has 6 heteroatoms. The molecule has 6 nitrogen and oxygen atoms in total. The van der Waals surface area contributed by atoms with E-state index in [9.17, 15) is 0 Å². The number of rotatable bonds is 5. The lowest BCUT2D eigenvalue weighted by Gasteiger charge is -2.10. The molecule has 2 heterocycles. The Morgan fingerprint density at radius 2 is 2.20 bits per heavy atom. The second-order valence-electron chi connectivity index (χ2n) is 5.73. The first-order valence-corrected chi connectivity index (χ1v) is 7.04. The van der Waals surface area contributed by atoms with Gasteiger partial charge in [0.25, 0.3) is 0 Å². The predicted molar refractivity (Wildman–Crippen MR) is 77.9 cm³/mol. The molecule has 0 aliphatic heterocycles. The molecule has 0 radical (unpaired) electrons. The Kier molecular flexibility index (Phi) is 3.40. The molecule has 0 aromatic carbocycles. The summed E-state index contributed by atoms with van der Waals surface area (Å²) in [6.07, 6.45) is 7.00. The van der Waals surface area contributed by atoms with E-state index in [-0.39, 0.29) is 0 Å². The van der Waals surface area contributed by atoms with Crippen LogP contribution in [0.15, 0.2) is 18.6 Å². The number of aromatic nitrogens is 4. The van der Waals surface area contributed by atoms with E-state index in [1.54, 1.807) is 0 Å². The van der Waals surface area contributed by atoms with Crippen molar-refractivity contribution in [3.63, 3.8) is 0 Å². The number of imidazole rings is 1. The Bertz CT molecular complexity index is 599. The van der Waals surface area contributed by atoms with Gasteiger partial charge in [-0.25, -0.2) is 20.8 Å². The lowest BCUT2D eigenvalue weighted by molar-refractivity contribution is 0.634. The second kappa shape index (κ2) is 5.20. The molecule has 106 valence electrons. The van der Waals surface area contributed by atoms with Gasteiger partial charge in [0.05, 0.1) is 12.5 Å². The Hall–Kier alpha value is -1.95. The van der Waals surface area contributed by atoms with Crippen LogP contribution in [0.25, 0.3) is 11.5 Å². The molecule has 0 amide bonds. The number of anilines is 1. The molecule has 3 rings (SSSR count). The van der Waals surface area contributed by atoms with Crippen molar-refractivity contribution in [3.8, 4) is 11.5 Å². The molecular formula is C14H20N6. The van der Waals surface area contributed by atoms with Crippen LogP contribution >= 0.6 is 0 Å². The summed E-state index contributed by atoms with van der Waals surface area (Å²) < 4.78 is 2.16. The number of hydrogen-bond donors (Lipinski definition) is 2. The van der Waals surface area contributed by atoms with Gasteiger partial charge in [0, 0.05) is 17.8 Å². The Morgan fingerprint density at radius 1 is 1.40 bits per heavy atom. The van der Waals surface area contributed by atoms with Gasteiger partial charge in [0.1, 0.15) is 11.5 Å². The highest BCUT2D eigenvalue weighted by Gasteiger charge is 2.26. The molecule has 1 aliphatic rings. The fourth-order valence-electron chi connectivity index (χ4n) is 2.33. The minimum atomic E-state index is 0.539. The van der Waals surface area contributed by atoms with Crippen LogP contribution in [0.1, 0.15) is 38.4 Å². The second-order valence-corrected chi connectivity index (χ2v) is 5.73. The first kappa shape index (κ1) is 13.1. The van der Waals surface area contributed by atoms with Crippen LogP contribution in [0.3, 0.4) is 0 Å². The SMILES string of the molecule is CC(C)Cc1cc(NN)nc(-c2cncn2C2CC2)n1. The quantitative estimate of drug-likeness (QED) is 0.644. The fourth-order valence-corrected chi connectivity index (χ4v) is 2.33. The highest BCUT2D eigenvalue weighted by molar-refractivity contribution is 5.53. The zero-order chi connectivity index (χ0) is 14.1. The summed E-state index contributed by atoms with van der Waals surface area (Å²) in [6, 6.07) is 2.46. The molecule has 1 fully saturated rings. The van der Waals surface area contributed by atoms with E-state index in [1.165, 1.54) is 12.8 Å². The first-order valence-electron chi connectivity index (χ1n) is 7.04. The van der Waals surface area contributed by atoms with E-state index >= 15 is 0 Å². The molecule has 2 aromatic heterocycles. The van der Waals surface area contributed by atoms with Gasteiger partial charge in [-0.3, -0.25) is 0 Å². The van der Waals surface area contributed by atoms with Crippen LogP contribution in [0.5, 0.6) is 0 Å². The fraction of sp³-hybridized carbons (Fsp3) is 0.500. The van der Waals surface area contributed by atoms with Crippen molar-refractivity contribution in [3.05, 3.63) is 24.3 Å². The number of nitrogens with two attached hydrogens (primary N) is 1. The molecule has 1 saturated carbocycles. The molecule has 0 spiro atoms. The maximum Gasteiger partial charge on any atom is 0.180 e. The van der Waals surface area contributed by atoms with Crippen molar-refractivity contribution < 1.29 is 0 Å². The maximum atomic E-state index is 5.52. The summed E-state index contributed by atoms with van der Waals surface area (Å²) >= 11 is 0. The molecule has 1 aliphatic carbocycles. The van der Waals surface area contributed by atoms with Crippen LogP contribution in [0.4, 0.5) is 5.82 Å². The Balaban J connectivity index is 2.00. The first-order chi connectivity index (χ1) is 9.67. The summed E-state index contributed by atoms with van der Waals surface area (Å²) in [6.45, 7) is 4.34. The highest BCUT2D eigenvalue weighted by atomic mass is 15.3. The average molecular weight is 272 g/mol. The minimum absolute atomic E-state index is 0.539. The van der Waals surface area contributed by atoms with Gasteiger partial charge in [0.15, 0.2) is 5.82 Å². The largest absolute Gasteiger partial charge is 0.325 e. The van der Waals surface area contributed by atoms with Crippen molar-refractivity contribution in [2.45, 2.75) is 39.2 Å². The van der Waals surface area contributed by atoms with Gasteiger partial charge in [-0.1, -0.05) is 13.8 Å². The number of nitrogen functional groups attached to an aromatic ring is 1. The monoisotopic (exact) mass is 272 g/mol. The molecule has 0 saturated heterocycles. The van der Waals surface area contributed by atoms with Crippen molar-refractivity contribution in [1.82, 2.24) is 19.5 Å². The number of hydrazine groups is 1. The summed E-state index contributed by atoms with van der Waals surface area (Å²) in [5, 5.41) is 0. The molecule has 20 heavy (non-hydrogen) atoms. The molecule has 0 unspecified atom stereocenters. The zero-order valence-electron chi connectivity index (χ0n) is 11.9. The standard InChI is InChI=1S/C14H20N6/c1-9(2)5-10-6-13(19-15)18-14(17-10)12-7-16-8-20(12)11-3-4-11/h6-9,11H,3-5,15H2,1-2H3,(H,17,18,19). The van der Waals surface area contributed by atoms with Crippen LogP contribution in [-0.4, -0.2) is 19.5 Å². The van der Waals surface area contributed by atoms with Crippen LogP contribution in [0.2, 0.25) is 0 Å². The molecule has 3 N–H and O–H groups in total. The van der Waals surface area contributed by atoms with Gasteiger partial charge in [-0.05, 0) is 25.2 Å². The zero-order valence-corrected chi connectivity index (χ0v) is 11.9. The molecule has 0 atom stereocenters. The summed E-state index contributed by atoms with van der Waals surface area (Å²) in [5.74, 6) is 7.40. The van der Waals surface area contributed by atoms with Crippen LogP contribution in [0, 0.1) is 5.92 Å². The lowest BCUT2D eigenvalue weighted by Crippen LogP contribution is -2.12. The molecular weight excluding hydrogens is 252 g/mol.